The minimum atomic E-state index is -0.415. The van der Waals surface area contributed by atoms with E-state index in [9.17, 15) is 9.18 Å². The normalized spacial score (nSPS) is 10.6. The highest BCUT2D eigenvalue weighted by atomic mass is 35.5. The molecular formula is C16H10ClFN2O. The molecule has 1 heterocycles. The molecule has 21 heavy (non-hydrogen) atoms. The van der Waals surface area contributed by atoms with Gasteiger partial charge in [0.25, 0.3) is 0 Å². The number of aldehydes is 1. The number of aromatic nitrogens is 2. The fraction of sp³-hybridized carbons (Fsp3) is 0. The van der Waals surface area contributed by atoms with Crippen molar-refractivity contribution in [1.82, 2.24) is 9.78 Å². The predicted octanol–water partition coefficient (Wildman–Crippen LogP) is 4.14. The molecule has 0 aliphatic carbocycles. The molecule has 0 spiro atoms. The standard InChI is InChI=1S/C16H10ClFN2O/c17-12-5-7-13(8-6-12)20-9-11(10-21)16(19-20)14-3-1-2-4-15(14)18/h1-10H. The molecule has 1 aromatic heterocycles. The quantitative estimate of drug-likeness (QED) is 0.681. The van der Waals surface area contributed by atoms with E-state index < -0.39 is 5.82 Å². The van der Waals surface area contributed by atoms with Crippen molar-refractivity contribution < 1.29 is 9.18 Å². The van der Waals surface area contributed by atoms with Gasteiger partial charge in [-0.05, 0) is 36.4 Å². The third kappa shape index (κ3) is 2.58. The summed E-state index contributed by atoms with van der Waals surface area (Å²) in [5, 5.41) is 4.92. The van der Waals surface area contributed by atoms with Crippen LogP contribution in [0.25, 0.3) is 16.9 Å². The molecule has 5 heteroatoms. The lowest BCUT2D eigenvalue weighted by atomic mass is 10.1. The lowest BCUT2D eigenvalue weighted by Crippen LogP contribution is -1.94. The minimum Gasteiger partial charge on any atom is -0.298 e. The molecule has 2 aromatic carbocycles. The Morgan fingerprint density at radius 1 is 1.10 bits per heavy atom. The minimum absolute atomic E-state index is 0.298. The Morgan fingerprint density at radius 3 is 2.48 bits per heavy atom. The van der Waals surface area contributed by atoms with Crippen molar-refractivity contribution in [2.45, 2.75) is 0 Å². The zero-order chi connectivity index (χ0) is 14.8. The molecule has 0 aliphatic heterocycles. The molecule has 0 amide bonds. The van der Waals surface area contributed by atoms with Crippen LogP contribution in [0, 0.1) is 5.82 Å². The molecular weight excluding hydrogens is 291 g/mol. The van der Waals surface area contributed by atoms with E-state index in [1.54, 1.807) is 48.7 Å². The largest absolute Gasteiger partial charge is 0.298 e. The smallest absolute Gasteiger partial charge is 0.153 e. The Labute approximate surface area is 125 Å². The van der Waals surface area contributed by atoms with Crippen LogP contribution >= 0.6 is 11.6 Å². The topological polar surface area (TPSA) is 34.9 Å². The maximum absolute atomic E-state index is 13.9. The van der Waals surface area contributed by atoms with Gasteiger partial charge in [-0.15, -0.1) is 0 Å². The van der Waals surface area contributed by atoms with Gasteiger partial charge in [-0.1, -0.05) is 23.7 Å². The van der Waals surface area contributed by atoms with Crippen molar-refractivity contribution in [3.8, 4) is 16.9 Å². The maximum Gasteiger partial charge on any atom is 0.153 e. The predicted molar refractivity (Wildman–Crippen MR) is 79.4 cm³/mol. The van der Waals surface area contributed by atoms with Crippen molar-refractivity contribution in [3.63, 3.8) is 0 Å². The van der Waals surface area contributed by atoms with Gasteiger partial charge in [0.15, 0.2) is 6.29 Å². The fourth-order valence-corrected chi connectivity index (χ4v) is 2.19. The molecule has 0 bridgehead atoms. The number of nitrogens with zero attached hydrogens (tertiary/aromatic N) is 2. The fourth-order valence-electron chi connectivity index (χ4n) is 2.06. The number of halogens is 2. The van der Waals surface area contributed by atoms with Crippen molar-refractivity contribution in [1.29, 1.82) is 0 Å². The molecule has 0 aliphatic rings. The zero-order valence-corrected chi connectivity index (χ0v) is 11.6. The lowest BCUT2D eigenvalue weighted by molar-refractivity contribution is 0.112. The number of rotatable bonds is 3. The van der Waals surface area contributed by atoms with E-state index in [1.807, 2.05) is 0 Å². The van der Waals surface area contributed by atoms with Crippen LogP contribution in [0.15, 0.2) is 54.7 Å². The van der Waals surface area contributed by atoms with Crippen LogP contribution in [0.3, 0.4) is 0 Å². The first-order chi connectivity index (χ1) is 10.2. The van der Waals surface area contributed by atoms with Gasteiger partial charge >= 0.3 is 0 Å². The van der Waals surface area contributed by atoms with Crippen LogP contribution in [-0.4, -0.2) is 16.1 Å². The van der Waals surface area contributed by atoms with E-state index in [-0.39, 0.29) is 0 Å². The van der Waals surface area contributed by atoms with Gasteiger partial charge < -0.3 is 0 Å². The number of hydrogen-bond donors (Lipinski definition) is 0. The van der Waals surface area contributed by atoms with Gasteiger partial charge in [0.1, 0.15) is 11.5 Å². The monoisotopic (exact) mass is 300 g/mol. The molecule has 3 nitrogen and oxygen atoms in total. The van der Waals surface area contributed by atoms with E-state index in [1.165, 1.54) is 10.7 Å². The van der Waals surface area contributed by atoms with Crippen LogP contribution in [0.5, 0.6) is 0 Å². The Balaban J connectivity index is 2.13. The van der Waals surface area contributed by atoms with Gasteiger partial charge in [-0.3, -0.25) is 4.79 Å². The summed E-state index contributed by atoms with van der Waals surface area (Å²) in [6, 6.07) is 13.2. The number of carbonyl (C=O) groups excluding carboxylic acids is 1. The van der Waals surface area contributed by atoms with Crippen LogP contribution in [0.2, 0.25) is 5.02 Å². The summed E-state index contributed by atoms with van der Waals surface area (Å²) >= 11 is 5.84. The third-order valence-corrected chi connectivity index (χ3v) is 3.34. The second-order valence-electron chi connectivity index (χ2n) is 4.45. The van der Waals surface area contributed by atoms with Crippen LogP contribution in [0.4, 0.5) is 4.39 Å². The number of hydrogen-bond acceptors (Lipinski definition) is 2. The summed E-state index contributed by atoms with van der Waals surface area (Å²) < 4.78 is 15.4. The Kier molecular flexibility index (Phi) is 3.54. The summed E-state index contributed by atoms with van der Waals surface area (Å²) in [5.74, 6) is -0.415. The molecule has 0 unspecified atom stereocenters. The summed E-state index contributed by atoms with van der Waals surface area (Å²) in [6.45, 7) is 0. The summed E-state index contributed by atoms with van der Waals surface area (Å²) in [4.78, 5) is 11.2. The van der Waals surface area contributed by atoms with Crippen molar-refractivity contribution in [3.05, 3.63) is 71.1 Å². The van der Waals surface area contributed by atoms with Gasteiger partial charge in [-0.25, -0.2) is 9.07 Å². The van der Waals surface area contributed by atoms with E-state index in [4.69, 9.17) is 11.6 Å². The van der Waals surface area contributed by atoms with Gasteiger partial charge in [0, 0.05) is 16.8 Å². The van der Waals surface area contributed by atoms with Crippen LogP contribution in [-0.2, 0) is 0 Å². The van der Waals surface area contributed by atoms with E-state index in [0.717, 1.165) is 5.69 Å². The highest BCUT2D eigenvalue weighted by molar-refractivity contribution is 6.30. The van der Waals surface area contributed by atoms with Gasteiger partial charge in [0.2, 0.25) is 0 Å². The van der Waals surface area contributed by atoms with Crippen molar-refractivity contribution in [2.75, 3.05) is 0 Å². The Morgan fingerprint density at radius 2 is 1.81 bits per heavy atom. The second-order valence-corrected chi connectivity index (χ2v) is 4.89. The Hall–Kier alpha value is -2.46. The highest BCUT2D eigenvalue weighted by Gasteiger charge is 2.14. The molecule has 0 radical (unpaired) electrons. The SMILES string of the molecule is O=Cc1cn(-c2ccc(Cl)cc2)nc1-c1ccccc1F. The second kappa shape index (κ2) is 5.50. The van der Waals surface area contributed by atoms with Gasteiger partial charge in [0.05, 0.1) is 11.3 Å². The maximum atomic E-state index is 13.9. The molecule has 3 aromatic rings. The van der Waals surface area contributed by atoms with Crippen LogP contribution < -0.4 is 0 Å². The van der Waals surface area contributed by atoms with E-state index >= 15 is 0 Å². The molecule has 3 rings (SSSR count). The lowest BCUT2D eigenvalue weighted by Gasteiger charge is -2.01. The van der Waals surface area contributed by atoms with Crippen LogP contribution in [0.1, 0.15) is 10.4 Å². The first kappa shape index (κ1) is 13.5. The molecule has 0 saturated heterocycles. The average molecular weight is 301 g/mol. The van der Waals surface area contributed by atoms with Gasteiger partial charge in [-0.2, -0.15) is 5.10 Å². The number of benzene rings is 2. The first-order valence-electron chi connectivity index (χ1n) is 6.25. The summed E-state index contributed by atoms with van der Waals surface area (Å²) in [6.07, 6.45) is 2.24. The first-order valence-corrected chi connectivity index (χ1v) is 6.62. The molecule has 0 N–H and O–H groups in total. The van der Waals surface area contributed by atoms with Crippen molar-refractivity contribution >= 4 is 17.9 Å². The molecule has 104 valence electrons. The van der Waals surface area contributed by atoms with Crippen molar-refractivity contribution in [2.24, 2.45) is 0 Å². The Bertz CT molecular complexity index is 796. The average Bonchev–Trinajstić information content (AvgIpc) is 2.92. The zero-order valence-electron chi connectivity index (χ0n) is 10.8. The van der Waals surface area contributed by atoms with E-state index in [2.05, 4.69) is 5.10 Å². The molecule has 0 fully saturated rings. The molecule has 0 atom stereocenters. The number of carbonyl (C=O) groups is 1. The third-order valence-electron chi connectivity index (χ3n) is 3.09. The van der Waals surface area contributed by atoms with E-state index in [0.29, 0.717) is 28.1 Å². The summed E-state index contributed by atoms with van der Waals surface area (Å²) in [7, 11) is 0. The summed E-state index contributed by atoms with van der Waals surface area (Å²) in [5.41, 5.74) is 1.69. The molecule has 0 saturated carbocycles. The highest BCUT2D eigenvalue weighted by Crippen LogP contribution is 2.25.